The number of hydrogen-bond donors (Lipinski definition) is 1. The third-order valence-electron chi connectivity index (χ3n) is 3.46. The summed E-state index contributed by atoms with van der Waals surface area (Å²) in [7, 11) is -3.66. The molecule has 2 aromatic carbocycles. The minimum Gasteiger partial charge on any atom is -0.288 e. The van der Waals surface area contributed by atoms with Crippen LogP contribution >= 0.6 is 22.9 Å². The smallest absolute Gasteiger partial charge is 0.240 e. The van der Waals surface area contributed by atoms with E-state index in [4.69, 9.17) is 11.6 Å². The van der Waals surface area contributed by atoms with Crippen molar-refractivity contribution in [2.75, 3.05) is 0 Å². The lowest BCUT2D eigenvalue weighted by Gasteiger charge is -2.05. The average Bonchev–Trinajstić information content (AvgIpc) is 3.09. The molecule has 0 radical (unpaired) electrons. The molecule has 128 valence electrons. The summed E-state index contributed by atoms with van der Waals surface area (Å²) in [6, 6.07) is 18.5. The molecule has 1 aromatic heterocycles. The topological polar surface area (TPSA) is 63.2 Å². The van der Waals surface area contributed by atoms with Crippen molar-refractivity contribution in [3.8, 4) is 0 Å². The second kappa shape index (κ2) is 7.49. The van der Waals surface area contributed by atoms with Gasteiger partial charge in [0, 0.05) is 22.0 Å². The lowest BCUT2D eigenvalue weighted by atomic mass is 10.1. The van der Waals surface area contributed by atoms with Gasteiger partial charge in [-0.05, 0) is 30.3 Å². The van der Waals surface area contributed by atoms with Gasteiger partial charge in [-0.3, -0.25) is 4.79 Å². The van der Waals surface area contributed by atoms with E-state index in [2.05, 4.69) is 4.72 Å². The molecule has 0 amide bonds. The van der Waals surface area contributed by atoms with E-state index in [1.54, 1.807) is 48.5 Å². The first-order chi connectivity index (χ1) is 12.0. The zero-order chi connectivity index (χ0) is 17.9. The Labute approximate surface area is 155 Å². The van der Waals surface area contributed by atoms with Gasteiger partial charge < -0.3 is 0 Å². The van der Waals surface area contributed by atoms with Crippen molar-refractivity contribution in [1.29, 1.82) is 0 Å². The zero-order valence-corrected chi connectivity index (χ0v) is 15.4. The molecule has 0 atom stereocenters. The second-order valence-corrected chi connectivity index (χ2v) is 8.61. The fraction of sp³-hybridized carbons (Fsp3) is 0.0556. The van der Waals surface area contributed by atoms with Crippen molar-refractivity contribution >= 4 is 38.7 Å². The monoisotopic (exact) mass is 391 g/mol. The Hall–Kier alpha value is -1.99. The van der Waals surface area contributed by atoms with Crippen molar-refractivity contribution in [1.82, 2.24) is 4.72 Å². The number of hydrogen-bond acceptors (Lipinski definition) is 4. The molecule has 3 aromatic rings. The normalized spacial score (nSPS) is 11.4. The predicted octanol–water partition coefficient (Wildman–Crippen LogP) is 4.11. The molecule has 0 spiro atoms. The minimum atomic E-state index is -3.66. The van der Waals surface area contributed by atoms with E-state index in [0.717, 1.165) is 4.88 Å². The van der Waals surface area contributed by atoms with Crippen molar-refractivity contribution < 1.29 is 13.2 Å². The highest BCUT2D eigenvalue weighted by Gasteiger charge is 2.16. The van der Waals surface area contributed by atoms with Crippen LogP contribution in [0.15, 0.2) is 71.6 Å². The highest BCUT2D eigenvalue weighted by Crippen LogP contribution is 2.21. The number of carbonyl (C=O) groups excluding carboxylic acids is 1. The van der Waals surface area contributed by atoms with Crippen molar-refractivity contribution in [3.63, 3.8) is 0 Å². The number of halogens is 1. The van der Waals surface area contributed by atoms with E-state index in [9.17, 15) is 13.2 Å². The predicted molar refractivity (Wildman–Crippen MR) is 99.7 cm³/mol. The maximum atomic E-state index is 12.4. The molecule has 0 aliphatic rings. The summed E-state index contributed by atoms with van der Waals surface area (Å²) in [6.07, 6.45) is 0. The van der Waals surface area contributed by atoms with E-state index in [0.29, 0.717) is 15.5 Å². The first kappa shape index (κ1) is 17.8. The van der Waals surface area contributed by atoms with Gasteiger partial charge in [-0.1, -0.05) is 48.0 Å². The number of ketones is 1. The molecule has 0 bridgehead atoms. The van der Waals surface area contributed by atoms with Crippen molar-refractivity contribution in [3.05, 3.63) is 87.1 Å². The maximum absolute atomic E-state index is 12.4. The molecule has 0 fully saturated rings. The fourth-order valence-electron chi connectivity index (χ4n) is 2.21. The molecule has 0 aliphatic carbocycles. The molecule has 4 nitrogen and oxygen atoms in total. The number of benzene rings is 2. The summed E-state index contributed by atoms with van der Waals surface area (Å²) in [5, 5.41) is 0.356. The number of rotatable bonds is 6. The molecule has 1 heterocycles. The quantitative estimate of drug-likeness (QED) is 0.643. The van der Waals surface area contributed by atoms with E-state index in [1.807, 2.05) is 6.07 Å². The maximum Gasteiger partial charge on any atom is 0.240 e. The fourth-order valence-corrected chi connectivity index (χ4v) is 4.52. The molecule has 7 heteroatoms. The van der Waals surface area contributed by atoms with E-state index in [1.165, 1.54) is 23.5 Å². The van der Waals surface area contributed by atoms with Crippen LogP contribution in [-0.2, 0) is 16.6 Å². The standard InChI is InChI=1S/C18H14ClNO3S2/c19-14-7-4-8-16(11-14)25(22,23)20-12-15-9-10-17(24-15)18(21)13-5-2-1-3-6-13/h1-11,20H,12H2. The highest BCUT2D eigenvalue weighted by atomic mass is 35.5. The summed E-state index contributed by atoms with van der Waals surface area (Å²) < 4.78 is 27.1. The zero-order valence-electron chi connectivity index (χ0n) is 13.0. The third-order valence-corrected chi connectivity index (χ3v) is 6.18. The molecular weight excluding hydrogens is 378 g/mol. The van der Waals surface area contributed by atoms with Gasteiger partial charge in [-0.2, -0.15) is 0 Å². The van der Waals surface area contributed by atoms with E-state index < -0.39 is 10.0 Å². The summed E-state index contributed by atoms with van der Waals surface area (Å²) in [4.78, 5) is 13.8. The summed E-state index contributed by atoms with van der Waals surface area (Å²) >= 11 is 7.11. The van der Waals surface area contributed by atoms with Crippen LogP contribution in [-0.4, -0.2) is 14.2 Å². The summed E-state index contributed by atoms with van der Waals surface area (Å²) in [5.41, 5.74) is 0.607. The van der Waals surface area contributed by atoms with Gasteiger partial charge in [-0.15, -0.1) is 11.3 Å². The number of nitrogens with one attached hydrogen (secondary N) is 1. The van der Waals surface area contributed by atoms with Gasteiger partial charge in [0.05, 0.1) is 9.77 Å². The molecule has 25 heavy (non-hydrogen) atoms. The Kier molecular flexibility index (Phi) is 5.34. The molecule has 0 saturated heterocycles. The Balaban J connectivity index is 1.71. The van der Waals surface area contributed by atoms with Crippen molar-refractivity contribution in [2.45, 2.75) is 11.4 Å². The average molecular weight is 392 g/mol. The Morgan fingerprint density at radius 1 is 1.00 bits per heavy atom. The number of sulfonamides is 1. The first-order valence-electron chi connectivity index (χ1n) is 7.39. The van der Waals surface area contributed by atoms with Gasteiger partial charge >= 0.3 is 0 Å². The molecule has 0 unspecified atom stereocenters. The molecular formula is C18H14ClNO3S2. The minimum absolute atomic E-state index is 0.0745. The number of thiophene rings is 1. The van der Waals surface area contributed by atoms with Crippen LogP contribution in [0.4, 0.5) is 0 Å². The molecule has 0 saturated carbocycles. The van der Waals surface area contributed by atoms with Crippen LogP contribution in [0, 0.1) is 0 Å². The number of carbonyl (C=O) groups is 1. The van der Waals surface area contributed by atoms with E-state index in [-0.39, 0.29) is 17.2 Å². The van der Waals surface area contributed by atoms with Crippen LogP contribution in [0.1, 0.15) is 20.1 Å². The van der Waals surface area contributed by atoms with Crippen LogP contribution < -0.4 is 4.72 Å². The lowest BCUT2D eigenvalue weighted by molar-refractivity contribution is 0.104. The van der Waals surface area contributed by atoms with Gasteiger partial charge in [0.15, 0.2) is 0 Å². The van der Waals surface area contributed by atoms with E-state index >= 15 is 0 Å². The van der Waals surface area contributed by atoms with Gasteiger partial charge in [0.1, 0.15) is 0 Å². The largest absolute Gasteiger partial charge is 0.288 e. The van der Waals surface area contributed by atoms with Crippen LogP contribution in [0.3, 0.4) is 0 Å². The van der Waals surface area contributed by atoms with Gasteiger partial charge in [0.25, 0.3) is 0 Å². The molecule has 1 N–H and O–H groups in total. The Bertz CT molecular complexity index is 998. The SMILES string of the molecule is O=C(c1ccccc1)c1ccc(CNS(=O)(=O)c2cccc(Cl)c2)s1. The Morgan fingerprint density at radius 2 is 1.76 bits per heavy atom. The van der Waals surface area contributed by atoms with Gasteiger partial charge in [0.2, 0.25) is 15.8 Å². The summed E-state index contributed by atoms with van der Waals surface area (Å²) in [5.74, 6) is -0.0745. The first-order valence-corrected chi connectivity index (χ1v) is 10.1. The third kappa shape index (κ3) is 4.35. The van der Waals surface area contributed by atoms with Gasteiger partial charge in [-0.25, -0.2) is 13.1 Å². The highest BCUT2D eigenvalue weighted by molar-refractivity contribution is 7.89. The van der Waals surface area contributed by atoms with Crippen molar-refractivity contribution in [2.24, 2.45) is 0 Å². The lowest BCUT2D eigenvalue weighted by Crippen LogP contribution is -2.22. The van der Waals surface area contributed by atoms with Crippen LogP contribution in [0.25, 0.3) is 0 Å². The summed E-state index contributed by atoms with van der Waals surface area (Å²) in [6.45, 7) is 0.113. The Morgan fingerprint density at radius 3 is 2.48 bits per heavy atom. The van der Waals surface area contributed by atoms with Crippen LogP contribution in [0.5, 0.6) is 0 Å². The molecule has 0 aliphatic heterocycles. The molecule has 3 rings (SSSR count). The second-order valence-electron chi connectivity index (χ2n) is 5.24. The van der Waals surface area contributed by atoms with Crippen LogP contribution in [0.2, 0.25) is 5.02 Å².